The first-order chi connectivity index (χ1) is 16.3. The van der Waals surface area contributed by atoms with Gasteiger partial charge in [0.15, 0.2) is 0 Å². The van der Waals surface area contributed by atoms with Crippen LogP contribution in [-0.2, 0) is 6.42 Å². The third-order valence-corrected chi connectivity index (χ3v) is 6.08. The summed E-state index contributed by atoms with van der Waals surface area (Å²) >= 11 is 0. The van der Waals surface area contributed by atoms with E-state index in [0.717, 1.165) is 37.5 Å². The highest BCUT2D eigenvalue weighted by Crippen LogP contribution is 2.28. The van der Waals surface area contributed by atoms with E-state index in [0.29, 0.717) is 13.0 Å². The molecule has 0 aromatic heterocycles. The number of ether oxygens (including phenoxy) is 2. The Hall–Kier alpha value is -3.29. The number of rotatable bonds is 11. The normalized spacial score (nSPS) is 13.5. The highest BCUT2D eigenvalue weighted by molar-refractivity contribution is 5.68. The summed E-state index contributed by atoms with van der Waals surface area (Å²) in [6, 6.07) is 27.4. The fourth-order valence-corrected chi connectivity index (χ4v) is 4.25. The molecule has 1 aliphatic rings. The molecule has 4 rings (SSSR count). The van der Waals surface area contributed by atoms with Gasteiger partial charge in [-0.15, -0.1) is 0 Å². The fourth-order valence-electron chi connectivity index (χ4n) is 4.25. The Balaban J connectivity index is 1.35. The van der Waals surface area contributed by atoms with Crippen molar-refractivity contribution in [2.45, 2.75) is 32.1 Å². The van der Waals surface area contributed by atoms with Crippen LogP contribution in [0.5, 0.6) is 11.5 Å². The second-order valence-electron chi connectivity index (χ2n) is 8.51. The average molecular weight is 441 g/mol. The van der Waals surface area contributed by atoms with Gasteiger partial charge < -0.3 is 9.47 Å². The van der Waals surface area contributed by atoms with Crippen LogP contribution in [-0.4, -0.2) is 37.7 Å². The summed E-state index contributed by atoms with van der Waals surface area (Å²) in [5.74, 6) is 1.78. The van der Waals surface area contributed by atoms with Crippen molar-refractivity contribution < 1.29 is 9.47 Å². The summed E-state index contributed by atoms with van der Waals surface area (Å²) in [6.07, 6.45) is 4.78. The largest absolute Gasteiger partial charge is 0.494 e. The van der Waals surface area contributed by atoms with Crippen molar-refractivity contribution in [3.8, 4) is 28.7 Å². The third kappa shape index (κ3) is 6.84. The topological polar surface area (TPSA) is 45.5 Å². The molecule has 0 aliphatic carbocycles. The molecule has 1 fully saturated rings. The molecule has 0 spiro atoms. The lowest BCUT2D eigenvalue weighted by atomic mass is 9.95. The molecule has 1 heterocycles. The van der Waals surface area contributed by atoms with Crippen LogP contribution in [0.15, 0.2) is 72.8 Å². The molecule has 0 amide bonds. The van der Waals surface area contributed by atoms with Crippen LogP contribution in [0.2, 0.25) is 0 Å². The van der Waals surface area contributed by atoms with Crippen LogP contribution in [0, 0.1) is 11.3 Å². The minimum absolute atomic E-state index is 0.525. The van der Waals surface area contributed by atoms with Crippen LogP contribution in [0.3, 0.4) is 0 Å². The molecule has 0 saturated carbocycles. The standard InChI is InChI=1S/C29H32N2O2/c30-17-3-6-21-32-28-15-11-25(12-16-28)29-8-2-1-7-26(29)23-24-9-13-27(14-10-24)33-22-20-31-18-4-5-19-31/h1-2,7-16H,3-6,18-23H2. The van der Waals surface area contributed by atoms with Crippen LogP contribution >= 0.6 is 0 Å². The fraction of sp³-hybridized carbons (Fsp3) is 0.345. The molecular formula is C29H32N2O2. The number of likely N-dealkylation sites (tertiary alicyclic amines) is 1. The van der Waals surface area contributed by atoms with Crippen molar-refractivity contribution in [2.75, 3.05) is 32.8 Å². The SMILES string of the molecule is N#CCCCOc1ccc(-c2ccccc2Cc2ccc(OCCN3CCCC3)cc2)cc1. The van der Waals surface area contributed by atoms with E-state index in [1.54, 1.807) is 0 Å². The molecule has 1 aliphatic heterocycles. The predicted octanol–water partition coefficient (Wildman–Crippen LogP) is 6.10. The molecule has 3 aromatic carbocycles. The Morgan fingerprint density at radius 2 is 1.45 bits per heavy atom. The predicted molar refractivity (Wildman–Crippen MR) is 133 cm³/mol. The molecule has 0 atom stereocenters. The summed E-state index contributed by atoms with van der Waals surface area (Å²) in [4.78, 5) is 2.47. The lowest BCUT2D eigenvalue weighted by molar-refractivity contribution is 0.238. The van der Waals surface area contributed by atoms with Crippen molar-refractivity contribution in [3.05, 3.63) is 83.9 Å². The molecule has 0 unspecified atom stereocenters. The molecule has 170 valence electrons. The number of benzene rings is 3. The van der Waals surface area contributed by atoms with Gasteiger partial charge >= 0.3 is 0 Å². The van der Waals surface area contributed by atoms with Gasteiger partial charge in [-0.3, -0.25) is 4.90 Å². The van der Waals surface area contributed by atoms with Crippen LogP contribution in [0.1, 0.15) is 36.8 Å². The van der Waals surface area contributed by atoms with Gasteiger partial charge in [0.25, 0.3) is 0 Å². The van der Waals surface area contributed by atoms with E-state index >= 15 is 0 Å². The maximum absolute atomic E-state index is 8.63. The molecular weight excluding hydrogens is 408 g/mol. The molecule has 0 bridgehead atoms. The van der Waals surface area contributed by atoms with Gasteiger partial charge in [0.2, 0.25) is 0 Å². The summed E-state index contributed by atoms with van der Waals surface area (Å²) in [6.45, 7) is 4.75. The zero-order chi connectivity index (χ0) is 22.7. The number of hydrogen-bond donors (Lipinski definition) is 0. The molecule has 0 radical (unpaired) electrons. The maximum Gasteiger partial charge on any atom is 0.119 e. The van der Waals surface area contributed by atoms with Crippen LogP contribution < -0.4 is 9.47 Å². The van der Waals surface area contributed by atoms with E-state index in [9.17, 15) is 0 Å². The molecule has 4 heteroatoms. The molecule has 0 N–H and O–H groups in total. The van der Waals surface area contributed by atoms with Gasteiger partial charge in [-0.1, -0.05) is 48.5 Å². The molecule has 4 nitrogen and oxygen atoms in total. The summed E-state index contributed by atoms with van der Waals surface area (Å²) < 4.78 is 11.7. The lowest BCUT2D eigenvalue weighted by Crippen LogP contribution is -2.25. The first-order valence-electron chi connectivity index (χ1n) is 11.9. The van der Waals surface area contributed by atoms with E-state index in [4.69, 9.17) is 14.7 Å². The number of hydrogen-bond acceptors (Lipinski definition) is 4. The monoisotopic (exact) mass is 440 g/mol. The Labute approximate surface area is 197 Å². The van der Waals surface area contributed by atoms with Crippen molar-refractivity contribution in [1.82, 2.24) is 4.90 Å². The highest BCUT2D eigenvalue weighted by atomic mass is 16.5. The number of unbranched alkanes of at least 4 members (excludes halogenated alkanes) is 1. The van der Waals surface area contributed by atoms with Crippen LogP contribution in [0.25, 0.3) is 11.1 Å². The third-order valence-electron chi connectivity index (χ3n) is 6.08. The van der Waals surface area contributed by atoms with Gasteiger partial charge in [0.05, 0.1) is 12.7 Å². The summed E-state index contributed by atoms with van der Waals surface area (Å²) in [5.41, 5.74) is 4.98. The van der Waals surface area contributed by atoms with Crippen molar-refractivity contribution in [3.63, 3.8) is 0 Å². The molecule has 3 aromatic rings. The Morgan fingerprint density at radius 3 is 2.18 bits per heavy atom. The second-order valence-corrected chi connectivity index (χ2v) is 8.51. The number of nitrogens with zero attached hydrogens (tertiary/aromatic N) is 2. The van der Waals surface area contributed by atoms with E-state index in [2.05, 4.69) is 71.6 Å². The zero-order valence-corrected chi connectivity index (χ0v) is 19.2. The summed E-state index contributed by atoms with van der Waals surface area (Å²) in [7, 11) is 0. The zero-order valence-electron chi connectivity index (χ0n) is 19.2. The van der Waals surface area contributed by atoms with Crippen LogP contribution in [0.4, 0.5) is 0 Å². The highest BCUT2D eigenvalue weighted by Gasteiger charge is 2.11. The van der Waals surface area contributed by atoms with Gasteiger partial charge in [-0.25, -0.2) is 0 Å². The van der Waals surface area contributed by atoms with E-state index in [-0.39, 0.29) is 0 Å². The lowest BCUT2D eigenvalue weighted by Gasteiger charge is -2.15. The van der Waals surface area contributed by atoms with E-state index < -0.39 is 0 Å². The van der Waals surface area contributed by atoms with E-state index in [1.807, 2.05) is 12.1 Å². The van der Waals surface area contributed by atoms with Gasteiger partial charge in [0.1, 0.15) is 18.1 Å². The second kappa shape index (κ2) is 12.1. The van der Waals surface area contributed by atoms with Gasteiger partial charge in [0, 0.05) is 13.0 Å². The quantitative estimate of drug-likeness (QED) is 0.338. The first-order valence-corrected chi connectivity index (χ1v) is 11.9. The minimum Gasteiger partial charge on any atom is -0.494 e. The Bertz CT molecular complexity index is 1030. The summed E-state index contributed by atoms with van der Waals surface area (Å²) in [5, 5.41) is 8.63. The molecule has 1 saturated heterocycles. The van der Waals surface area contributed by atoms with Gasteiger partial charge in [-0.05, 0) is 85.3 Å². The smallest absolute Gasteiger partial charge is 0.119 e. The first kappa shape index (κ1) is 22.9. The maximum atomic E-state index is 8.63. The Morgan fingerprint density at radius 1 is 0.788 bits per heavy atom. The Kier molecular flexibility index (Phi) is 8.38. The minimum atomic E-state index is 0.525. The molecule has 33 heavy (non-hydrogen) atoms. The van der Waals surface area contributed by atoms with Crippen molar-refractivity contribution in [1.29, 1.82) is 5.26 Å². The number of nitriles is 1. The van der Waals surface area contributed by atoms with E-state index in [1.165, 1.54) is 48.2 Å². The van der Waals surface area contributed by atoms with Crippen molar-refractivity contribution >= 4 is 0 Å². The van der Waals surface area contributed by atoms with Gasteiger partial charge in [-0.2, -0.15) is 5.26 Å². The average Bonchev–Trinajstić information content (AvgIpc) is 3.37. The van der Waals surface area contributed by atoms with Crippen molar-refractivity contribution in [2.24, 2.45) is 0 Å².